The molecule has 0 saturated heterocycles. The van der Waals surface area contributed by atoms with Crippen LogP contribution in [0, 0.1) is 5.92 Å². The molecule has 5 nitrogen and oxygen atoms in total. The van der Waals surface area contributed by atoms with Crippen LogP contribution in [0.25, 0.3) is 0 Å². The Bertz CT molecular complexity index is 187. The second kappa shape index (κ2) is 9.57. The first-order chi connectivity index (χ1) is 7.63. The molecule has 96 valence electrons. The van der Waals surface area contributed by atoms with E-state index in [0.717, 1.165) is 13.0 Å². The Balaban J connectivity index is 3.49. The van der Waals surface area contributed by atoms with Gasteiger partial charge in [0.05, 0.1) is 26.2 Å². The van der Waals surface area contributed by atoms with E-state index in [9.17, 15) is 4.79 Å². The summed E-state index contributed by atoms with van der Waals surface area (Å²) >= 11 is 0. The molecule has 0 heterocycles. The van der Waals surface area contributed by atoms with E-state index in [1.165, 1.54) is 7.11 Å². The van der Waals surface area contributed by atoms with Crippen molar-refractivity contribution in [3.63, 3.8) is 0 Å². The van der Waals surface area contributed by atoms with Crippen LogP contribution in [-0.2, 0) is 14.3 Å². The lowest BCUT2D eigenvalue weighted by Gasteiger charge is -2.19. The first-order valence-corrected chi connectivity index (χ1v) is 5.63. The third-order valence-corrected chi connectivity index (χ3v) is 2.49. The third-order valence-electron chi connectivity index (χ3n) is 2.49. The highest BCUT2D eigenvalue weighted by atomic mass is 16.5. The van der Waals surface area contributed by atoms with E-state index in [1.54, 1.807) is 0 Å². The zero-order valence-corrected chi connectivity index (χ0v) is 10.4. The van der Waals surface area contributed by atoms with Crippen molar-refractivity contribution in [3.05, 3.63) is 0 Å². The van der Waals surface area contributed by atoms with Crippen molar-refractivity contribution in [1.82, 2.24) is 5.32 Å². The molecule has 0 radical (unpaired) electrons. The van der Waals surface area contributed by atoms with Crippen LogP contribution in [0.2, 0.25) is 0 Å². The first-order valence-electron chi connectivity index (χ1n) is 5.63. The number of rotatable bonds is 9. The van der Waals surface area contributed by atoms with Crippen molar-refractivity contribution in [2.75, 3.05) is 33.5 Å². The number of hydrogen-bond acceptors (Lipinski definition) is 5. The minimum Gasteiger partial charge on any atom is -0.469 e. The Labute approximate surface area is 97.1 Å². The van der Waals surface area contributed by atoms with E-state index >= 15 is 0 Å². The van der Waals surface area contributed by atoms with Gasteiger partial charge in [-0.2, -0.15) is 0 Å². The van der Waals surface area contributed by atoms with Gasteiger partial charge in [0.2, 0.25) is 0 Å². The maximum atomic E-state index is 11.2. The molecule has 0 aliphatic rings. The summed E-state index contributed by atoms with van der Waals surface area (Å²) < 4.78 is 9.77. The van der Waals surface area contributed by atoms with Gasteiger partial charge in [-0.05, 0) is 19.9 Å². The van der Waals surface area contributed by atoms with Crippen LogP contribution in [0.3, 0.4) is 0 Å². The van der Waals surface area contributed by atoms with Crippen LogP contribution >= 0.6 is 0 Å². The molecule has 2 N–H and O–H groups in total. The molecule has 0 saturated carbocycles. The number of carbonyl (C=O) groups excluding carboxylic acids is 1. The van der Waals surface area contributed by atoms with Gasteiger partial charge in [-0.15, -0.1) is 0 Å². The molecule has 0 aliphatic carbocycles. The summed E-state index contributed by atoms with van der Waals surface area (Å²) in [5, 5.41) is 11.7. The predicted octanol–water partition coefficient (Wildman–Crippen LogP) is 0.173. The zero-order chi connectivity index (χ0) is 12.4. The molecule has 0 aliphatic heterocycles. The SMILES string of the molecule is COC(=O)C(C)C(C)NCCCOCCO. The molecule has 2 atom stereocenters. The van der Waals surface area contributed by atoms with Crippen LogP contribution in [0.1, 0.15) is 20.3 Å². The molecule has 5 heteroatoms. The number of carbonyl (C=O) groups is 1. The van der Waals surface area contributed by atoms with Crippen LogP contribution in [0.4, 0.5) is 0 Å². The van der Waals surface area contributed by atoms with Gasteiger partial charge in [-0.1, -0.05) is 6.92 Å². The molecule has 2 unspecified atom stereocenters. The molecule has 0 bridgehead atoms. The Hall–Kier alpha value is -0.650. The summed E-state index contributed by atoms with van der Waals surface area (Å²) in [4.78, 5) is 11.2. The fourth-order valence-electron chi connectivity index (χ4n) is 1.24. The molecule has 0 rings (SSSR count). The normalized spacial score (nSPS) is 14.5. The number of methoxy groups -OCH3 is 1. The minimum absolute atomic E-state index is 0.0587. The van der Waals surface area contributed by atoms with Gasteiger partial charge >= 0.3 is 5.97 Å². The number of hydrogen-bond donors (Lipinski definition) is 2. The van der Waals surface area contributed by atoms with E-state index < -0.39 is 0 Å². The Morgan fingerprint density at radius 1 is 1.38 bits per heavy atom. The topological polar surface area (TPSA) is 67.8 Å². The average Bonchev–Trinajstić information content (AvgIpc) is 2.31. The highest BCUT2D eigenvalue weighted by Crippen LogP contribution is 2.04. The number of aliphatic hydroxyl groups excluding tert-OH is 1. The van der Waals surface area contributed by atoms with Gasteiger partial charge in [0, 0.05) is 12.6 Å². The van der Waals surface area contributed by atoms with Crippen LogP contribution in [0.15, 0.2) is 0 Å². The van der Waals surface area contributed by atoms with E-state index in [1.807, 2.05) is 13.8 Å². The second-order valence-electron chi connectivity index (χ2n) is 3.74. The maximum absolute atomic E-state index is 11.2. The number of esters is 1. The van der Waals surface area contributed by atoms with Crippen LogP contribution < -0.4 is 5.32 Å². The molecule has 16 heavy (non-hydrogen) atoms. The second-order valence-corrected chi connectivity index (χ2v) is 3.74. The highest BCUT2D eigenvalue weighted by molar-refractivity contribution is 5.72. The van der Waals surface area contributed by atoms with Crippen molar-refractivity contribution in [1.29, 1.82) is 0 Å². The largest absolute Gasteiger partial charge is 0.469 e. The number of nitrogens with one attached hydrogen (secondary N) is 1. The zero-order valence-electron chi connectivity index (χ0n) is 10.4. The molecule has 0 aromatic carbocycles. The predicted molar refractivity (Wildman–Crippen MR) is 61.2 cm³/mol. The van der Waals surface area contributed by atoms with E-state index in [0.29, 0.717) is 13.2 Å². The summed E-state index contributed by atoms with van der Waals surface area (Å²) in [6, 6.07) is 0.0882. The Morgan fingerprint density at radius 3 is 2.62 bits per heavy atom. The van der Waals surface area contributed by atoms with E-state index in [-0.39, 0.29) is 24.5 Å². The van der Waals surface area contributed by atoms with Gasteiger partial charge in [0.1, 0.15) is 0 Å². The summed E-state index contributed by atoms with van der Waals surface area (Å²) in [6.45, 7) is 5.64. The van der Waals surface area contributed by atoms with Crippen molar-refractivity contribution in [2.45, 2.75) is 26.3 Å². The van der Waals surface area contributed by atoms with Crippen molar-refractivity contribution >= 4 is 5.97 Å². The lowest BCUT2D eigenvalue weighted by molar-refractivity contribution is -0.145. The monoisotopic (exact) mass is 233 g/mol. The fraction of sp³-hybridized carbons (Fsp3) is 0.909. The average molecular weight is 233 g/mol. The van der Waals surface area contributed by atoms with E-state index in [4.69, 9.17) is 9.84 Å². The van der Waals surface area contributed by atoms with Crippen molar-refractivity contribution in [3.8, 4) is 0 Å². The summed E-state index contributed by atoms with van der Waals surface area (Å²) in [6.07, 6.45) is 0.859. The summed E-state index contributed by atoms with van der Waals surface area (Å²) in [5.74, 6) is -0.347. The highest BCUT2D eigenvalue weighted by Gasteiger charge is 2.19. The smallest absolute Gasteiger partial charge is 0.309 e. The number of aliphatic hydroxyl groups is 1. The van der Waals surface area contributed by atoms with Gasteiger partial charge in [0.25, 0.3) is 0 Å². The van der Waals surface area contributed by atoms with Crippen LogP contribution in [-0.4, -0.2) is 50.6 Å². The maximum Gasteiger partial charge on any atom is 0.309 e. The van der Waals surface area contributed by atoms with Gasteiger partial charge in [-0.3, -0.25) is 4.79 Å². The molecular weight excluding hydrogens is 210 g/mol. The molecule has 0 fully saturated rings. The number of ether oxygens (including phenoxy) is 2. The van der Waals surface area contributed by atoms with Crippen molar-refractivity contribution in [2.24, 2.45) is 5.92 Å². The fourth-order valence-corrected chi connectivity index (χ4v) is 1.24. The molecule has 0 aromatic rings. The molecule has 0 amide bonds. The lowest BCUT2D eigenvalue weighted by Crippen LogP contribution is -2.37. The van der Waals surface area contributed by atoms with Gasteiger partial charge < -0.3 is 19.9 Å². The van der Waals surface area contributed by atoms with Gasteiger partial charge in [0.15, 0.2) is 0 Å². The van der Waals surface area contributed by atoms with Crippen molar-refractivity contribution < 1.29 is 19.4 Å². The van der Waals surface area contributed by atoms with Gasteiger partial charge in [-0.25, -0.2) is 0 Å². The first kappa shape index (κ1) is 15.3. The lowest BCUT2D eigenvalue weighted by atomic mass is 10.0. The molecular formula is C11H23NO4. The summed E-state index contributed by atoms with van der Waals surface area (Å²) in [5.41, 5.74) is 0. The Kier molecular flexibility index (Phi) is 9.18. The minimum atomic E-state index is -0.198. The van der Waals surface area contributed by atoms with E-state index in [2.05, 4.69) is 10.1 Å². The molecule has 0 spiro atoms. The van der Waals surface area contributed by atoms with Crippen LogP contribution in [0.5, 0.6) is 0 Å². The summed E-state index contributed by atoms with van der Waals surface area (Å²) in [7, 11) is 1.40. The molecule has 0 aromatic heterocycles. The standard InChI is InChI=1S/C11H23NO4/c1-9(11(14)15-3)10(2)12-5-4-7-16-8-6-13/h9-10,12-13H,4-8H2,1-3H3. The quantitative estimate of drug-likeness (QED) is 0.439. The third kappa shape index (κ3) is 6.76. The Morgan fingerprint density at radius 2 is 2.06 bits per heavy atom.